The lowest BCUT2D eigenvalue weighted by atomic mass is 10.0. The van der Waals surface area contributed by atoms with E-state index < -0.39 is 0 Å². The Hall–Kier alpha value is -3.28. The Labute approximate surface area is 163 Å². The molecule has 6 heteroatoms. The third-order valence-electron chi connectivity index (χ3n) is 5.18. The number of hydrogen-bond acceptors (Lipinski definition) is 4. The highest BCUT2D eigenvalue weighted by atomic mass is 16.5. The van der Waals surface area contributed by atoms with Crippen molar-refractivity contribution in [2.45, 2.75) is 32.7 Å². The maximum Gasteiger partial charge on any atom is 0.258 e. The summed E-state index contributed by atoms with van der Waals surface area (Å²) in [6.07, 6.45) is 2.89. The second-order valence-electron chi connectivity index (χ2n) is 7.57. The molecule has 0 amide bonds. The summed E-state index contributed by atoms with van der Waals surface area (Å²) in [6.45, 7) is 6.40. The summed E-state index contributed by atoms with van der Waals surface area (Å²) >= 11 is 0. The Kier molecular flexibility index (Phi) is 4.34. The SMILES string of the molecule is CCC(C)(C)Nc1c(-c2cc3ccc(OC)cc3[nH]c2=O)nc2ccccn12. The van der Waals surface area contributed by atoms with Gasteiger partial charge in [-0.3, -0.25) is 9.20 Å². The van der Waals surface area contributed by atoms with Crippen molar-refractivity contribution in [3.63, 3.8) is 0 Å². The van der Waals surface area contributed by atoms with Crippen LogP contribution in [0.3, 0.4) is 0 Å². The fourth-order valence-electron chi connectivity index (χ4n) is 3.20. The van der Waals surface area contributed by atoms with Crippen LogP contribution in [0.15, 0.2) is 53.5 Å². The molecule has 0 saturated carbocycles. The Morgan fingerprint density at radius 3 is 2.79 bits per heavy atom. The predicted molar refractivity (Wildman–Crippen MR) is 113 cm³/mol. The van der Waals surface area contributed by atoms with Crippen molar-refractivity contribution in [3.8, 4) is 17.0 Å². The topological polar surface area (TPSA) is 71.4 Å². The number of nitrogens with one attached hydrogen (secondary N) is 2. The number of aromatic amines is 1. The number of hydrogen-bond donors (Lipinski definition) is 2. The summed E-state index contributed by atoms with van der Waals surface area (Å²) in [4.78, 5) is 20.6. The van der Waals surface area contributed by atoms with Crippen LogP contribution in [-0.4, -0.2) is 27.0 Å². The highest BCUT2D eigenvalue weighted by molar-refractivity contribution is 5.87. The predicted octanol–water partition coefficient (Wildman–Crippen LogP) is 4.45. The lowest BCUT2D eigenvalue weighted by Crippen LogP contribution is -2.30. The zero-order chi connectivity index (χ0) is 19.9. The molecule has 3 aromatic heterocycles. The average molecular weight is 376 g/mol. The maximum atomic E-state index is 12.9. The highest BCUT2D eigenvalue weighted by Gasteiger charge is 2.23. The zero-order valence-electron chi connectivity index (χ0n) is 16.5. The van der Waals surface area contributed by atoms with E-state index in [0.717, 1.165) is 28.8 Å². The maximum absolute atomic E-state index is 12.9. The number of imidazole rings is 1. The minimum absolute atomic E-state index is 0.141. The van der Waals surface area contributed by atoms with E-state index >= 15 is 0 Å². The summed E-state index contributed by atoms with van der Waals surface area (Å²) in [5, 5.41) is 4.50. The van der Waals surface area contributed by atoms with Crippen molar-refractivity contribution in [2.75, 3.05) is 12.4 Å². The lowest BCUT2D eigenvalue weighted by Gasteiger charge is -2.26. The molecule has 0 fully saturated rings. The second kappa shape index (κ2) is 6.71. The summed E-state index contributed by atoms with van der Waals surface area (Å²) in [5.41, 5.74) is 2.39. The van der Waals surface area contributed by atoms with Crippen LogP contribution in [0.2, 0.25) is 0 Å². The van der Waals surface area contributed by atoms with Crippen molar-refractivity contribution in [2.24, 2.45) is 0 Å². The van der Waals surface area contributed by atoms with Crippen molar-refractivity contribution in [1.29, 1.82) is 0 Å². The van der Waals surface area contributed by atoms with Crippen molar-refractivity contribution in [3.05, 3.63) is 59.0 Å². The largest absolute Gasteiger partial charge is 0.497 e. The Bertz CT molecular complexity index is 1220. The van der Waals surface area contributed by atoms with E-state index in [-0.39, 0.29) is 11.1 Å². The standard InChI is InChI=1S/C22H24N4O2/c1-5-22(2,3)25-20-19(24-18-8-6-7-11-26(18)20)16-12-14-9-10-15(28-4)13-17(14)23-21(16)27/h6-13,25H,5H2,1-4H3,(H,23,27). The number of nitrogens with zero attached hydrogens (tertiary/aromatic N) is 2. The Balaban J connectivity index is 1.96. The summed E-state index contributed by atoms with van der Waals surface area (Å²) in [6, 6.07) is 13.4. The molecule has 4 aromatic rings. The van der Waals surface area contributed by atoms with E-state index in [4.69, 9.17) is 9.72 Å². The molecular formula is C22H24N4O2. The number of fused-ring (bicyclic) bond motifs is 2. The lowest BCUT2D eigenvalue weighted by molar-refractivity contribution is 0.415. The van der Waals surface area contributed by atoms with E-state index in [1.807, 2.05) is 53.1 Å². The van der Waals surface area contributed by atoms with Crippen molar-refractivity contribution in [1.82, 2.24) is 14.4 Å². The van der Waals surface area contributed by atoms with E-state index in [2.05, 4.69) is 31.1 Å². The first-order chi connectivity index (χ1) is 13.4. The van der Waals surface area contributed by atoms with E-state index in [1.54, 1.807) is 7.11 Å². The molecule has 3 heterocycles. The van der Waals surface area contributed by atoms with Gasteiger partial charge in [0.2, 0.25) is 0 Å². The second-order valence-corrected chi connectivity index (χ2v) is 7.57. The van der Waals surface area contributed by atoms with E-state index in [0.29, 0.717) is 17.0 Å². The number of H-pyrrole nitrogens is 1. The zero-order valence-corrected chi connectivity index (χ0v) is 16.5. The summed E-state index contributed by atoms with van der Waals surface area (Å²) in [7, 11) is 1.61. The van der Waals surface area contributed by atoms with Gasteiger partial charge in [-0.2, -0.15) is 0 Å². The summed E-state index contributed by atoms with van der Waals surface area (Å²) < 4.78 is 7.25. The minimum Gasteiger partial charge on any atom is -0.497 e. The number of methoxy groups -OCH3 is 1. The monoisotopic (exact) mass is 376 g/mol. The Morgan fingerprint density at radius 2 is 2.04 bits per heavy atom. The number of anilines is 1. The molecule has 0 aliphatic heterocycles. The number of pyridine rings is 2. The Morgan fingerprint density at radius 1 is 1.21 bits per heavy atom. The van der Waals surface area contributed by atoms with Crippen molar-refractivity contribution < 1.29 is 4.74 Å². The number of rotatable bonds is 5. The molecule has 4 rings (SSSR count). The molecule has 28 heavy (non-hydrogen) atoms. The molecular weight excluding hydrogens is 352 g/mol. The summed E-state index contributed by atoms with van der Waals surface area (Å²) in [5.74, 6) is 1.52. The first-order valence-corrected chi connectivity index (χ1v) is 9.38. The van der Waals surface area contributed by atoms with Gasteiger partial charge in [0, 0.05) is 17.8 Å². The molecule has 0 bridgehead atoms. The third kappa shape index (κ3) is 3.11. The average Bonchev–Trinajstić information content (AvgIpc) is 3.04. The fraction of sp³-hybridized carbons (Fsp3) is 0.273. The molecule has 0 unspecified atom stereocenters. The minimum atomic E-state index is -0.179. The molecule has 0 saturated heterocycles. The molecule has 2 N–H and O–H groups in total. The third-order valence-corrected chi connectivity index (χ3v) is 5.18. The molecule has 0 atom stereocenters. The van der Waals surface area contributed by atoms with Crippen molar-refractivity contribution >= 4 is 22.4 Å². The number of aromatic nitrogens is 3. The van der Waals surface area contributed by atoms with Gasteiger partial charge in [-0.1, -0.05) is 13.0 Å². The molecule has 0 aliphatic rings. The molecule has 144 valence electrons. The van der Waals surface area contributed by atoms with Gasteiger partial charge in [-0.15, -0.1) is 0 Å². The van der Waals surface area contributed by atoms with E-state index in [9.17, 15) is 4.79 Å². The van der Waals surface area contributed by atoms with Crippen LogP contribution in [-0.2, 0) is 0 Å². The molecule has 1 aromatic carbocycles. The number of ether oxygens (including phenoxy) is 1. The first kappa shape index (κ1) is 18.1. The van der Waals surface area contributed by atoms with Crippen LogP contribution in [0.5, 0.6) is 5.75 Å². The van der Waals surface area contributed by atoms with Gasteiger partial charge in [0.25, 0.3) is 5.56 Å². The van der Waals surface area contributed by atoms with Gasteiger partial charge < -0.3 is 15.0 Å². The van der Waals surface area contributed by atoms with Crippen LogP contribution in [0.1, 0.15) is 27.2 Å². The van der Waals surface area contributed by atoms with Gasteiger partial charge >= 0.3 is 0 Å². The smallest absolute Gasteiger partial charge is 0.258 e. The van der Waals surface area contributed by atoms with Crippen LogP contribution < -0.4 is 15.6 Å². The fourth-order valence-corrected chi connectivity index (χ4v) is 3.20. The molecule has 0 radical (unpaired) electrons. The van der Waals surface area contributed by atoms with Gasteiger partial charge in [-0.05, 0) is 56.0 Å². The van der Waals surface area contributed by atoms with Gasteiger partial charge in [0.1, 0.15) is 22.9 Å². The number of benzene rings is 1. The quantitative estimate of drug-likeness (QED) is 0.540. The normalized spacial score (nSPS) is 11.9. The van der Waals surface area contributed by atoms with Gasteiger partial charge in [0.05, 0.1) is 18.2 Å². The first-order valence-electron chi connectivity index (χ1n) is 9.38. The van der Waals surface area contributed by atoms with Crippen LogP contribution in [0, 0.1) is 0 Å². The van der Waals surface area contributed by atoms with Crippen LogP contribution in [0.4, 0.5) is 5.82 Å². The highest BCUT2D eigenvalue weighted by Crippen LogP contribution is 2.31. The molecule has 0 aliphatic carbocycles. The van der Waals surface area contributed by atoms with Crippen LogP contribution >= 0.6 is 0 Å². The molecule has 6 nitrogen and oxygen atoms in total. The van der Waals surface area contributed by atoms with Gasteiger partial charge in [-0.25, -0.2) is 4.98 Å². The van der Waals surface area contributed by atoms with Gasteiger partial charge in [0.15, 0.2) is 0 Å². The van der Waals surface area contributed by atoms with E-state index in [1.165, 1.54) is 0 Å². The molecule has 0 spiro atoms. The van der Waals surface area contributed by atoms with Crippen LogP contribution in [0.25, 0.3) is 27.8 Å².